The zero-order valence-corrected chi connectivity index (χ0v) is 10.6. The molecule has 92 valence electrons. The smallest absolute Gasteiger partial charge is 0.119 e. The highest BCUT2D eigenvalue weighted by atomic mass is 16.5. The largest absolute Gasteiger partial charge is 0.497 e. The fourth-order valence-corrected chi connectivity index (χ4v) is 2.18. The van der Waals surface area contributed by atoms with Crippen molar-refractivity contribution in [1.29, 1.82) is 0 Å². The van der Waals surface area contributed by atoms with Crippen molar-refractivity contribution in [2.24, 2.45) is 0 Å². The summed E-state index contributed by atoms with van der Waals surface area (Å²) >= 11 is 0. The maximum absolute atomic E-state index is 9.11. The van der Waals surface area contributed by atoms with Crippen molar-refractivity contribution < 1.29 is 9.84 Å². The molecule has 0 aliphatic carbocycles. The molecule has 2 rings (SSSR count). The molecule has 0 spiro atoms. The van der Waals surface area contributed by atoms with Gasteiger partial charge in [0.05, 0.1) is 7.11 Å². The number of nitrogens with zero attached hydrogens (tertiary/aromatic N) is 1. The third kappa shape index (κ3) is 2.15. The van der Waals surface area contributed by atoms with E-state index in [0.29, 0.717) is 12.5 Å². The molecule has 0 amide bonds. The van der Waals surface area contributed by atoms with Crippen molar-refractivity contribution in [1.82, 2.24) is 4.57 Å². The minimum atomic E-state index is 0.175. The average Bonchev–Trinajstić information content (AvgIpc) is 2.68. The first-order chi connectivity index (χ1) is 8.17. The Kier molecular flexibility index (Phi) is 3.38. The summed E-state index contributed by atoms with van der Waals surface area (Å²) < 4.78 is 7.49. The second-order valence-corrected chi connectivity index (χ2v) is 4.51. The van der Waals surface area contributed by atoms with Gasteiger partial charge < -0.3 is 14.4 Å². The summed E-state index contributed by atoms with van der Waals surface area (Å²) in [6.45, 7) is 4.49. The van der Waals surface area contributed by atoms with Crippen LogP contribution >= 0.6 is 0 Å². The standard InChI is InChI=1S/C14H19NO2/c1-10(2)15-9-11(6-7-16)13-8-12(17-3)4-5-14(13)15/h4-5,8-10,16H,6-7H2,1-3H3. The molecule has 1 N–H and O–H groups in total. The molecule has 0 atom stereocenters. The Morgan fingerprint density at radius 3 is 2.71 bits per heavy atom. The number of aliphatic hydroxyl groups is 1. The summed E-state index contributed by atoms with van der Waals surface area (Å²) in [4.78, 5) is 0. The van der Waals surface area contributed by atoms with Crippen molar-refractivity contribution in [3.05, 3.63) is 30.0 Å². The van der Waals surface area contributed by atoms with E-state index in [9.17, 15) is 0 Å². The van der Waals surface area contributed by atoms with Crippen LogP contribution in [-0.4, -0.2) is 23.4 Å². The number of benzene rings is 1. The van der Waals surface area contributed by atoms with E-state index in [4.69, 9.17) is 9.84 Å². The second-order valence-electron chi connectivity index (χ2n) is 4.51. The van der Waals surface area contributed by atoms with Crippen molar-refractivity contribution >= 4 is 10.9 Å². The molecule has 17 heavy (non-hydrogen) atoms. The SMILES string of the molecule is COc1ccc2c(c1)c(CCO)cn2C(C)C. The van der Waals surface area contributed by atoms with Crippen LogP contribution in [0.3, 0.4) is 0 Å². The normalized spacial score (nSPS) is 11.4. The average molecular weight is 233 g/mol. The number of rotatable bonds is 4. The Morgan fingerprint density at radius 2 is 2.12 bits per heavy atom. The molecule has 3 nitrogen and oxygen atoms in total. The lowest BCUT2D eigenvalue weighted by Crippen LogP contribution is -1.98. The van der Waals surface area contributed by atoms with Crippen molar-refractivity contribution in [2.75, 3.05) is 13.7 Å². The summed E-state index contributed by atoms with van der Waals surface area (Å²) in [5, 5.41) is 10.3. The van der Waals surface area contributed by atoms with Gasteiger partial charge in [0.1, 0.15) is 5.75 Å². The summed E-state index contributed by atoms with van der Waals surface area (Å²) in [6, 6.07) is 6.51. The Labute approximate surface area is 102 Å². The summed E-state index contributed by atoms with van der Waals surface area (Å²) in [5.41, 5.74) is 2.37. The van der Waals surface area contributed by atoms with Crippen LogP contribution in [0.25, 0.3) is 10.9 Å². The molecule has 1 aromatic heterocycles. The third-order valence-corrected chi connectivity index (χ3v) is 3.06. The fraction of sp³-hybridized carbons (Fsp3) is 0.429. The number of aliphatic hydroxyl groups excluding tert-OH is 1. The molecule has 0 aliphatic rings. The molecular weight excluding hydrogens is 214 g/mol. The predicted molar refractivity (Wildman–Crippen MR) is 69.7 cm³/mol. The number of methoxy groups -OCH3 is 1. The van der Waals surface area contributed by atoms with Gasteiger partial charge in [-0.15, -0.1) is 0 Å². The summed E-state index contributed by atoms with van der Waals surface area (Å²) in [5.74, 6) is 0.859. The fourth-order valence-electron chi connectivity index (χ4n) is 2.18. The van der Waals surface area contributed by atoms with Crippen LogP contribution in [0.1, 0.15) is 25.5 Å². The van der Waals surface area contributed by atoms with Crippen molar-refractivity contribution in [3.63, 3.8) is 0 Å². The van der Waals surface area contributed by atoms with Gasteiger partial charge in [0.2, 0.25) is 0 Å². The molecule has 0 saturated carbocycles. The van der Waals surface area contributed by atoms with Gasteiger partial charge in [-0.2, -0.15) is 0 Å². The monoisotopic (exact) mass is 233 g/mol. The molecule has 0 fully saturated rings. The summed E-state index contributed by atoms with van der Waals surface area (Å²) in [6.07, 6.45) is 2.81. The van der Waals surface area contributed by atoms with Crippen LogP contribution in [-0.2, 0) is 6.42 Å². The maximum atomic E-state index is 9.11. The first-order valence-corrected chi connectivity index (χ1v) is 5.95. The van der Waals surface area contributed by atoms with Crippen LogP contribution in [0.15, 0.2) is 24.4 Å². The van der Waals surface area contributed by atoms with Gasteiger partial charge in [0, 0.05) is 29.7 Å². The molecule has 1 heterocycles. The molecular formula is C14H19NO2. The Balaban J connectivity index is 2.63. The van der Waals surface area contributed by atoms with Crippen LogP contribution in [0.2, 0.25) is 0 Å². The Morgan fingerprint density at radius 1 is 1.35 bits per heavy atom. The number of fused-ring (bicyclic) bond motifs is 1. The first kappa shape index (κ1) is 12.0. The maximum Gasteiger partial charge on any atom is 0.119 e. The van der Waals surface area contributed by atoms with Crippen LogP contribution in [0, 0.1) is 0 Å². The van der Waals surface area contributed by atoms with Gasteiger partial charge >= 0.3 is 0 Å². The lowest BCUT2D eigenvalue weighted by molar-refractivity contribution is 0.300. The minimum absolute atomic E-state index is 0.175. The lowest BCUT2D eigenvalue weighted by Gasteiger charge is -2.09. The van der Waals surface area contributed by atoms with E-state index < -0.39 is 0 Å². The molecule has 3 heteroatoms. The van der Waals surface area contributed by atoms with E-state index in [-0.39, 0.29) is 6.61 Å². The van der Waals surface area contributed by atoms with Gasteiger partial charge in [-0.25, -0.2) is 0 Å². The van der Waals surface area contributed by atoms with Gasteiger partial charge in [-0.3, -0.25) is 0 Å². The molecule has 0 radical (unpaired) electrons. The van der Waals surface area contributed by atoms with E-state index in [0.717, 1.165) is 5.75 Å². The highest BCUT2D eigenvalue weighted by molar-refractivity contribution is 5.85. The van der Waals surface area contributed by atoms with E-state index in [1.807, 2.05) is 12.1 Å². The minimum Gasteiger partial charge on any atom is -0.497 e. The molecule has 0 bridgehead atoms. The highest BCUT2D eigenvalue weighted by Gasteiger charge is 2.10. The quantitative estimate of drug-likeness (QED) is 0.881. The second kappa shape index (κ2) is 4.80. The van der Waals surface area contributed by atoms with E-state index >= 15 is 0 Å². The van der Waals surface area contributed by atoms with Gasteiger partial charge in [-0.1, -0.05) is 0 Å². The van der Waals surface area contributed by atoms with Gasteiger partial charge in [-0.05, 0) is 44.0 Å². The number of ether oxygens (including phenoxy) is 1. The van der Waals surface area contributed by atoms with Gasteiger partial charge in [0.25, 0.3) is 0 Å². The molecule has 2 aromatic rings. The van der Waals surface area contributed by atoms with Crippen molar-refractivity contribution in [2.45, 2.75) is 26.3 Å². The molecule has 0 saturated heterocycles. The van der Waals surface area contributed by atoms with Crippen LogP contribution in [0.4, 0.5) is 0 Å². The van der Waals surface area contributed by atoms with E-state index in [2.05, 4.69) is 30.7 Å². The lowest BCUT2D eigenvalue weighted by atomic mass is 10.1. The zero-order valence-electron chi connectivity index (χ0n) is 10.6. The third-order valence-electron chi connectivity index (χ3n) is 3.06. The van der Waals surface area contributed by atoms with Crippen LogP contribution in [0.5, 0.6) is 5.75 Å². The summed E-state index contributed by atoms with van der Waals surface area (Å²) in [7, 11) is 1.67. The van der Waals surface area contributed by atoms with E-state index in [1.54, 1.807) is 7.11 Å². The Bertz CT molecular complexity index is 514. The highest BCUT2D eigenvalue weighted by Crippen LogP contribution is 2.28. The van der Waals surface area contributed by atoms with Gasteiger partial charge in [0.15, 0.2) is 0 Å². The van der Waals surface area contributed by atoms with E-state index in [1.165, 1.54) is 16.5 Å². The topological polar surface area (TPSA) is 34.4 Å². The molecule has 0 unspecified atom stereocenters. The molecule has 0 aliphatic heterocycles. The zero-order chi connectivity index (χ0) is 12.4. The number of hydrogen-bond acceptors (Lipinski definition) is 2. The predicted octanol–water partition coefficient (Wildman–Crippen LogP) is 2.77. The Hall–Kier alpha value is -1.48. The van der Waals surface area contributed by atoms with Crippen molar-refractivity contribution in [3.8, 4) is 5.75 Å². The first-order valence-electron chi connectivity index (χ1n) is 5.95. The number of hydrogen-bond donors (Lipinski definition) is 1. The van der Waals surface area contributed by atoms with Crippen LogP contribution < -0.4 is 4.74 Å². The number of aromatic nitrogens is 1. The molecule has 1 aromatic carbocycles.